The molecule has 0 heterocycles. The molecule has 1 atom stereocenters. The van der Waals surface area contributed by atoms with Crippen LogP contribution in [0.2, 0.25) is 10.0 Å². The lowest BCUT2D eigenvalue weighted by Gasteiger charge is -2.20. The third-order valence-electron chi connectivity index (χ3n) is 3.39. The van der Waals surface area contributed by atoms with Crippen LogP contribution in [0.25, 0.3) is 0 Å². The van der Waals surface area contributed by atoms with Gasteiger partial charge in [0, 0.05) is 10.0 Å². The Kier molecular flexibility index (Phi) is 4.69. The molecule has 4 heteroatoms. The summed E-state index contributed by atoms with van der Waals surface area (Å²) < 4.78 is 13.5. The third kappa shape index (κ3) is 2.98. The number of hydrogen-bond donors (Lipinski definition) is 1. The molecule has 0 spiro atoms. The topological polar surface area (TPSA) is 12.0 Å². The van der Waals surface area contributed by atoms with Gasteiger partial charge >= 0.3 is 0 Å². The fraction of sp³-hybridized carbons (Fsp3) is 0.250. The van der Waals surface area contributed by atoms with E-state index in [0.29, 0.717) is 10.6 Å². The minimum atomic E-state index is -0.291. The van der Waals surface area contributed by atoms with E-state index < -0.39 is 0 Å². The van der Waals surface area contributed by atoms with E-state index in [1.807, 2.05) is 32.2 Å². The highest BCUT2D eigenvalue weighted by molar-refractivity contribution is 6.31. The van der Waals surface area contributed by atoms with Gasteiger partial charge in [-0.2, -0.15) is 0 Å². The van der Waals surface area contributed by atoms with Gasteiger partial charge in [-0.1, -0.05) is 35.3 Å². The smallest absolute Gasteiger partial charge is 0.127 e. The molecule has 106 valence electrons. The van der Waals surface area contributed by atoms with Crippen molar-refractivity contribution in [3.05, 3.63) is 68.4 Å². The monoisotopic (exact) mass is 311 g/mol. The van der Waals surface area contributed by atoms with Gasteiger partial charge in [0.2, 0.25) is 0 Å². The maximum atomic E-state index is 13.5. The highest BCUT2D eigenvalue weighted by Gasteiger charge is 2.17. The Morgan fingerprint density at radius 3 is 2.30 bits per heavy atom. The van der Waals surface area contributed by atoms with E-state index in [0.717, 1.165) is 21.7 Å². The molecule has 0 aliphatic carbocycles. The van der Waals surface area contributed by atoms with Crippen molar-refractivity contribution in [3.63, 3.8) is 0 Å². The lowest BCUT2D eigenvalue weighted by atomic mass is 9.96. The first-order valence-corrected chi connectivity index (χ1v) is 7.08. The van der Waals surface area contributed by atoms with Crippen LogP contribution in [0, 0.1) is 19.7 Å². The first-order valence-electron chi connectivity index (χ1n) is 6.33. The fourth-order valence-electron chi connectivity index (χ4n) is 2.25. The van der Waals surface area contributed by atoms with E-state index >= 15 is 0 Å². The Balaban J connectivity index is 2.52. The van der Waals surface area contributed by atoms with Crippen LogP contribution in [0.5, 0.6) is 0 Å². The second-order valence-corrected chi connectivity index (χ2v) is 5.67. The Morgan fingerprint density at radius 1 is 1.00 bits per heavy atom. The number of nitrogens with one attached hydrogen (secondary N) is 1. The van der Waals surface area contributed by atoms with Crippen LogP contribution in [0.3, 0.4) is 0 Å². The average Bonchev–Trinajstić information content (AvgIpc) is 2.40. The minimum Gasteiger partial charge on any atom is -0.309 e. The molecule has 0 amide bonds. The molecule has 1 N–H and O–H groups in total. The van der Waals surface area contributed by atoms with Gasteiger partial charge in [-0.3, -0.25) is 0 Å². The van der Waals surface area contributed by atoms with Gasteiger partial charge in [-0.25, -0.2) is 4.39 Å². The molecule has 1 nitrogen and oxygen atoms in total. The van der Waals surface area contributed by atoms with Gasteiger partial charge in [0.05, 0.1) is 6.04 Å². The zero-order chi connectivity index (χ0) is 14.9. The molecule has 0 saturated heterocycles. The zero-order valence-corrected chi connectivity index (χ0v) is 13.1. The van der Waals surface area contributed by atoms with Crippen LogP contribution in [0.15, 0.2) is 30.3 Å². The van der Waals surface area contributed by atoms with E-state index in [1.54, 1.807) is 13.0 Å². The van der Waals surface area contributed by atoms with Gasteiger partial charge in [-0.15, -0.1) is 0 Å². The molecule has 2 aromatic rings. The van der Waals surface area contributed by atoms with E-state index in [9.17, 15) is 4.39 Å². The molecule has 0 aliphatic heterocycles. The predicted molar refractivity (Wildman–Crippen MR) is 83.2 cm³/mol. The van der Waals surface area contributed by atoms with Crippen molar-refractivity contribution in [2.75, 3.05) is 7.05 Å². The van der Waals surface area contributed by atoms with Crippen molar-refractivity contribution in [1.29, 1.82) is 0 Å². The van der Waals surface area contributed by atoms with Crippen molar-refractivity contribution in [2.45, 2.75) is 19.9 Å². The Hall–Kier alpha value is -1.09. The molecule has 0 aliphatic rings. The summed E-state index contributed by atoms with van der Waals surface area (Å²) >= 11 is 12.2. The van der Waals surface area contributed by atoms with Gasteiger partial charge in [0.25, 0.3) is 0 Å². The summed E-state index contributed by atoms with van der Waals surface area (Å²) in [6.45, 7) is 3.69. The van der Waals surface area contributed by atoms with E-state index in [1.165, 1.54) is 6.07 Å². The first kappa shape index (κ1) is 15.3. The lowest BCUT2D eigenvalue weighted by molar-refractivity contribution is 0.614. The second-order valence-electron chi connectivity index (χ2n) is 4.85. The summed E-state index contributed by atoms with van der Waals surface area (Å²) in [6, 6.07) is 8.87. The molecule has 0 aromatic heterocycles. The first-order chi connectivity index (χ1) is 9.43. The lowest BCUT2D eigenvalue weighted by Crippen LogP contribution is -2.18. The molecular formula is C16H16Cl2FN. The third-order valence-corrected chi connectivity index (χ3v) is 4.14. The molecule has 0 radical (unpaired) electrons. The minimum absolute atomic E-state index is 0.0993. The predicted octanol–water partition coefficient (Wildman–Crippen LogP) is 5.06. The number of rotatable bonds is 3. The van der Waals surface area contributed by atoms with Crippen molar-refractivity contribution >= 4 is 23.2 Å². The molecule has 1 unspecified atom stereocenters. The summed E-state index contributed by atoms with van der Waals surface area (Å²) in [5, 5.41) is 4.36. The normalized spacial score (nSPS) is 12.5. The quantitative estimate of drug-likeness (QED) is 0.835. The van der Waals surface area contributed by atoms with Crippen LogP contribution < -0.4 is 5.32 Å². The average molecular weight is 312 g/mol. The summed E-state index contributed by atoms with van der Waals surface area (Å²) in [7, 11) is 1.85. The van der Waals surface area contributed by atoms with Crippen LogP contribution in [0.4, 0.5) is 4.39 Å². The Labute approximate surface area is 128 Å². The summed E-state index contributed by atoms with van der Waals surface area (Å²) in [4.78, 5) is 0. The van der Waals surface area contributed by atoms with Gasteiger partial charge < -0.3 is 5.32 Å². The fourth-order valence-corrected chi connectivity index (χ4v) is 2.63. The van der Waals surface area contributed by atoms with Gasteiger partial charge in [-0.05, 0) is 61.3 Å². The van der Waals surface area contributed by atoms with Crippen molar-refractivity contribution in [3.8, 4) is 0 Å². The van der Waals surface area contributed by atoms with Crippen molar-refractivity contribution in [1.82, 2.24) is 5.32 Å². The highest BCUT2D eigenvalue weighted by Crippen LogP contribution is 2.31. The Morgan fingerprint density at radius 2 is 1.70 bits per heavy atom. The molecular weight excluding hydrogens is 296 g/mol. The number of aryl methyl sites for hydroxylation is 2. The summed E-state index contributed by atoms with van der Waals surface area (Å²) in [6.07, 6.45) is 0. The maximum Gasteiger partial charge on any atom is 0.127 e. The van der Waals surface area contributed by atoms with E-state index in [4.69, 9.17) is 23.2 Å². The van der Waals surface area contributed by atoms with Crippen LogP contribution in [-0.2, 0) is 0 Å². The SMILES string of the molecule is CNC(c1ccc(Cl)c(C)c1)c1cc(C)c(F)cc1Cl. The van der Waals surface area contributed by atoms with Crippen molar-refractivity contribution in [2.24, 2.45) is 0 Å². The van der Waals surface area contributed by atoms with Gasteiger partial charge in [0.15, 0.2) is 0 Å². The molecule has 0 saturated carbocycles. The maximum absolute atomic E-state index is 13.5. The summed E-state index contributed by atoms with van der Waals surface area (Å²) in [5.74, 6) is -0.291. The van der Waals surface area contributed by atoms with Crippen LogP contribution >= 0.6 is 23.2 Å². The Bertz CT molecular complexity index is 641. The van der Waals surface area contributed by atoms with Crippen LogP contribution in [0.1, 0.15) is 28.3 Å². The van der Waals surface area contributed by atoms with Gasteiger partial charge in [0.1, 0.15) is 5.82 Å². The number of halogens is 3. The van der Waals surface area contributed by atoms with Crippen LogP contribution in [-0.4, -0.2) is 7.05 Å². The summed E-state index contributed by atoms with van der Waals surface area (Å²) in [5.41, 5.74) is 3.48. The molecule has 0 bridgehead atoms. The molecule has 20 heavy (non-hydrogen) atoms. The van der Waals surface area contributed by atoms with Crippen molar-refractivity contribution < 1.29 is 4.39 Å². The number of hydrogen-bond acceptors (Lipinski definition) is 1. The largest absolute Gasteiger partial charge is 0.309 e. The highest BCUT2D eigenvalue weighted by atomic mass is 35.5. The number of benzene rings is 2. The van der Waals surface area contributed by atoms with E-state index in [-0.39, 0.29) is 11.9 Å². The zero-order valence-electron chi connectivity index (χ0n) is 11.6. The molecule has 0 fully saturated rings. The molecule has 2 aromatic carbocycles. The van der Waals surface area contributed by atoms with E-state index in [2.05, 4.69) is 5.32 Å². The second kappa shape index (κ2) is 6.13. The standard InChI is InChI=1S/C16H16Cl2FN/c1-9-6-11(4-5-13(9)17)16(20-3)12-7-10(2)15(19)8-14(12)18/h4-8,16,20H,1-3H3. The molecule has 2 rings (SSSR count).